The molecule has 1 rings (SSSR count). The van der Waals surface area contributed by atoms with E-state index in [-0.39, 0.29) is 11.0 Å². The van der Waals surface area contributed by atoms with E-state index in [2.05, 4.69) is 10.9 Å². The van der Waals surface area contributed by atoms with Crippen molar-refractivity contribution in [2.75, 3.05) is 13.2 Å². The summed E-state index contributed by atoms with van der Waals surface area (Å²) in [6, 6.07) is 5.80. The van der Waals surface area contributed by atoms with E-state index >= 15 is 0 Å². The molecule has 0 aliphatic heterocycles. The van der Waals surface area contributed by atoms with Gasteiger partial charge in [-0.2, -0.15) is 0 Å². The minimum Gasteiger partial charge on any atom is -0.322 e. The Labute approximate surface area is 164 Å². The molecule has 5 nitrogen and oxygen atoms in total. The van der Waals surface area contributed by atoms with E-state index < -0.39 is 17.4 Å². The molecule has 0 unspecified atom stereocenters. The van der Waals surface area contributed by atoms with Gasteiger partial charge in [0.25, 0.3) is 11.6 Å². The summed E-state index contributed by atoms with van der Waals surface area (Å²) >= 11 is 6.78. The van der Waals surface area contributed by atoms with Crippen molar-refractivity contribution in [3.05, 3.63) is 46.8 Å². The maximum Gasteiger partial charge on any atom is 0.272 e. The summed E-state index contributed by atoms with van der Waals surface area (Å²) in [4.78, 5) is 12.2. The molecule has 0 heterocycles. The summed E-state index contributed by atoms with van der Waals surface area (Å²) in [6.45, 7) is 10.6. The number of carbonyl (C=O) groups is 1. The van der Waals surface area contributed by atoms with Crippen LogP contribution in [0, 0.1) is 11.2 Å². The summed E-state index contributed by atoms with van der Waals surface area (Å²) in [5.74, 6) is -1.14. The van der Waals surface area contributed by atoms with Crippen molar-refractivity contribution >= 4 is 34.8 Å². The van der Waals surface area contributed by atoms with Crippen LogP contribution in [0.4, 0.5) is 4.39 Å². The SMILES string of the molecule is CCOP(=S)(OCC)S/C=C(/NNC(=O)c1ccccc1F)C(C)(C)C. The van der Waals surface area contributed by atoms with Crippen LogP contribution in [0.25, 0.3) is 0 Å². The second kappa shape index (κ2) is 10.4. The monoisotopic (exact) mass is 420 g/mol. The van der Waals surface area contributed by atoms with Crippen molar-refractivity contribution in [3.63, 3.8) is 0 Å². The van der Waals surface area contributed by atoms with Gasteiger partial charge in [-0.05, 0) is 49.2 Å². The maximum absolute atomic E-state index is 13.7. The van der Waals surface area contributed by atoms with E-state index in [4.69, 9.17) is 20.9 Å². The first-order valence-corrected chi connectivity index (χ1v) is 12.3. The molecule has 1 aromatic carbocycles. The fraction of sp³-hybridized carbons (Fsp3) is 0.471. The number of allylic oxidation sites excluding steroid dienone is 1. The highest BCUT2D eigenvalue weighted by Gasteiger charge is 2.23. The lowest BCUT2D eigenvalue weighted by atomic mass is 9.93. The summed E-state index contributed by atoms with van der Waals surface area (Å²) in [7, 11) is 0. The van der Waals surface area contributed by atoms with Crippen molar-refractivity contribution in [2.45, 2.75) is 34.6 Å². The summed E-state index contributed by atoms with van der Waals surface area (Å²) in [6.07, 6.45) is 0. The van der Waals surface area contributed by atoms with Crippen LogP contribution in [0.3, 0.4) is 0 Å². The van der Waals surface area contributed by atoms with Crippen LogP contribution in [0.15, 0.2) is 35.4 Å². The molecule has 1 aromatic rings. The molecule has 0 fully saturated rings. The number of hydrazine groups is 1. The fourth-order valence-corrected chi connectivity index (χ4v) is 5.96. The van der Waals surface area contributed by atoms with Crippen LogP contribution in [-0.2, 0) is 20.9 Å². The van der Waals surface area contributed by atoms with E-state index in [1.807, 2.05) is 34.6 Å². The van der Waals surface area contributed by atoms with Gasteiger partial charge in [-0.25, -0.2) is 4.39 Å². The van der Waals surface area contributed by atoms with Gasteiger partial charge < -0.3 is 14.5 Å². The van der Waals surface area contributed by atoms with E-state index in [1.165, 1.54) is 29.6 Å². The molecule has 26 heavy (non-hydrogen) atoms. The Balaban J connectivity index is 2.89. The Morgan fingerprint density at radius 2 is 1.81 bits per heavy atom. The van der Waals surface area contributed by atoms with Gasteiger partial charge in [0.05, 0.1) is 18.8 Å². The van der Waals surface area contributed by atoms with Crippen LogP contribution in [-0.4, -0.2) is 19.1 Å². The Kier molecular flexibility index (Phi) is 9.27. The zero-order valence-corrected chi connectivity index (χ0v) is 18.2. The minimum absolute atomic E-state index is 0.0327. The Morgan fingerprint density at radius 3 is 2.31 bits per heavy atom. The van der Waals surface area contributed by atoms with E-state index in [0.717, 1.165) is 0 Å². The lowest BCUT2D eigenvalue weighted by Crippen LogP contribution is -2.40. The van der Waals surface area contributed by atoms with Crippen LogP contribution in [0.2, 0.25) is 0 Å². The second-order valence-corrected chi connectivity index (χ2v) is 12.3. The Hall–Kier alpha value is -0.920. The Bertz CT molecular complexity index is 683. The number of hydrogen-bond acceptors (Lipinski definition) is 6. The van der Waals surface area contributed by atoms with Crippen molar-refractivity contribution in [2.24, 2.45) is 5.41 Å². The highest BCUT2D eigenvalue weighted by molar-refractivity contribution is 8.69. The molecule has 0 aliphatic carbocycles. The molecule has 0 spiro atoms. The lowest BCUT2D eigenvalue weighted by Gasteiger charge is -2.26. The third kappa shape index (κ3) is 7.37. The molecule has 0 saturated carbocycles. The number of carbonyl (C=O) groups excluding carboxylic acids is 1. The summed E-state index contributed by atoms with van der Waals surface area (Å²) in [5.41, 5.74) is 3.28. The highest BCUT2D eigenvalue weighted by atomic mass is 32.9. The van der Waals surface area contributed by atoms with Gasteiger partial charge in [-0.3, -0.25) is 10.2 Å². The maximum atomic E-state index is 13.7. The molecule has 2 N–H and O–H groups in total. The van der Waals surface area contributed by atoms with Gasteiger partial charge >= 0.3 is 0 Å². The van der Waals surface area contributed by atoms with Gasteiger partial charge in [0, 0.05) is 16.5 Å². The normalized spacial score (nSPS) is 12.8. The predicted octanol–water partition coefficient (Wildman–Crippen LogP) is 4.98. The first-order valence-electron chi connectivity index (χ1n) is 8.22. The number of benzene rings is 1. The molecule has 9 heteroatoms. The zero-order valence-electron chi connectivity index (χ0n) is 15.7. The van der Waals surface area contributed by atoms with Crippen molar-refractivity contribution in [1.29, 1.82) is 0 Å². The molecule has 146 valence electrons. The summed E-state index contributed by atoms with van der Waals surface area (Å²) in [5, 5.41) is 1.80. The van der Waals surface area contributed by atoms with Gasteiger partial charge in [0.1, 0.15) is 5.82 Å². The second-order valence-electron chi connectivity index (χ2n) is 6.23. The molecule has 0 bridgehead atoms. The fourth-order valence-electron chi connectivity index (χ4n) is 1.76. The average molecular weight is 421 g/mol. The van der Waals surface area contributed by atoms with Crippen LogP contribution >= 0.6 is 17.1 Å². The number of rotatable bonds is 9. The number of amides is 1. The predicted molar refractivity (Wildman–Crippen MR) is 110 cm³/mol. The molecular formula is C17H26FN2O3PS2. The van der Waals surface area contributed by atoms with Gasteiger partial charge in [0.2, 0.25) is 0 Å². The molecule has 1 amide bonds. The smallest absolute Gasteiger partial charge is 0.272 e. The van der Waals surface area contributed by atoms with E-state index in [0.29, 0.717) is 18.9 Å². The topological polar surface area (TPSA) is 59.6 Å². The molecule has 0 atom stereocenters. The van der Waals surface area contributed by atoms with Crippen LogP contribution < -0.4 is 10.9 Å². The molecular weight excluding hydrogens is 394 g/mol. The van der Waals surface area contributed by atoms with Crippen LogP contribution in [0.5, 0.6) is 0 Å². The zero-order chi connectivity index (χ0) is 19.8. The standard InChI is InChI=1S/C17H26FN2O3PS2/c1-6-22-24(25,23-7-2)26-12-15(17(3,4)5)19-20-16(21)13-10-8-9-11-14(13)18/h8-12,19H,6-7H2,1-5H3,(H,20,21)/b15-12+. The van der Waals surface area contributed by atoms with E-state index in [9.17, 15) is 9.18 Å². The van der Waals surface area contributed by atoms with Gasteiger partial charge in [-0.15, -0.1) is 0 Å². The average Bonchev–Trinajstić information content (AvgIpc) is 2.54. The summed E-state index contributed by atoms with van der Waals surface area (Å²) < 4.78 is 24.9. The van der Waals surface area contributed by atoms with Crippen molar-refractivity contribution in [3.8, 4) is 0 Å². The number of halogens is 1. The molecule has 0 aliphatic rings. The van der Waals surface area contributed by atoms with E-state index in [1.54, 1.807) is 11.5 Å². The first-order chi connectivity index (χ1) is 12.1. The molecule has 0 saturated heterocycles. The van der Waals surface area contributed by atoms with Gasteiger partial charge in [-0.1, -0.05) is 32.9 Å². The van der Waals surface area contributed by atoms with Crippen LogP contribution in [0.1, 0.15) is 45.0 Å². The first kappa shape index (κ1) is 23.1. The highest BCUT2D eigenvalue weighted by Crippen LogP contribution is 2.62. The van der Waals surface area contributed by atoms with Gasteiger partial charge in [0.15, 0.2) is 0 Å². The van der Waals surface area contributed by atoms with Crippen molar-refractivity contribution in [1.82, 2.24) is 10.9 Å². The molecule has 0 aromatic heterocycles. The number of hydrogen-bond donors (Lipinski definition) is 2. The third-order valence-corrected chi connectivity index (χ3v) is 7.99. The largest absolute Gasteiger partial charge is 0.322 e. The lowest BCUT2D eigenvalue weighted by molar-refractivity contribution is 0.0931. The minimum atomic E-state index is -2.50. The number of nitrogens with one attached hydrogen (secondary N) is 2. The molecule has 0 radical (unpaired) electrons. The van der Waals surface area contributed by atoms with Crippen molar-refractivity contribution < 1.29 is 18.2 Å². The quantitative estimate of drug-likeness (QED) is 0.434. The Morgan fingerprint density at radius 1 is 1.23 bits per heavy atom. The third-order valence-electron chi connectivity index (χ3n) is 3.11.